The van der Waals surface area contributed by atoms with Gasteiger partial charge < -0.3 is 14.6 Å². The number of nitrogens with zero attached hydrogens (tertiary/aromatic N) is 1. The van der Waals surface area contributed by atoms with E-state index in [1.807, 2.05) is 12.1 Å². The van der Waals surface area contributed by atoms with Gasteiger partial charge >= 0.3 is 5.97 Å². The Bertz CT molecular complexity index is 430. The van der Waals surface area contributed by atoms with E-state index in [0.29, 0.717) is 5.69 Å². The molecule has 0 spiro atoms. The summed E-state index contributed by atoms with van der Waals surface area (Å²) < 4.78 is 4.14. The van der Waals surface area contributed by atoms with Crippen molar-refractivity contribution in [2.45, 2.75) is 0 Å². The minimum absolute atomic E-state index is 0.162. The van der Waals surface area contributed by atoms with E-state index in [1.165, 1.54) is 0 Å². The number of para-hydroxylation sites is 1. The molecule has 0 aromatic heterocycles. The number of esters is 1. The van der Waals surface area contributed by atoms with E-state index in [1.54, 1.807) is 18.2 Å². The summed E-state index contributed by atoms with van der Waals surface area (Å²) in [6, 6.07) is 7.19. The van der Waals surface area contributed by atoms with E-state index < -0.39 is 10.6 Å². The van der Waals surface area contributed by atoms with E-state index in [-0.39, 0.29) is 19.7 Å². The standard InChI is InChI=1S/C12H13NO3/c1-2-10-5-3-4-6-11(10)13(15)7-8-16-12(14)9-13/h2-6H,1,7-9H2. The van der Waals surface area contributed by atoms with Crippen molar-refractivity contribution in [1.29, 1.82) is 0 Å². The second kappa shape index (κ2) is 4.08. The van der Waals surface area contributed by atoms with Crippen LogP contribution in [0.25, 0.3) is 6.08 Å². The number of carbonyl (C=O) groups excluding carboxylic acids is 1. The molecule has 0 amide bonds. The average Bonchev–Trinajstić information content (AvgIpc) is 2.29. The molecule has 0 bridgehead atoms. The lowest BCUT2D eigenvalue weighted by molar-refractivity contribution is -0.148. The minimum Gasteiger partial charge on any atom is -0.627 e. The molecule has 0 N–H and O–H groups in total. The highest BCUT2D eigenvalue weighted by atomic mass is 16.6. The Balaban J connectivity index is 2.41. The van der Waals surface area contributed by atoms with Crippen LogP contribution in [0.15, 0.2) is 30.8 Å². The Morgan fingerprint density at radius 1 is 1.44 bits per heavy atom. The van der Waals surface area contributed by atoms with Gasteiger partial charge in [0.15, 0.2) is 6.54 Å². The zero-order valence-electron chi connectivity index (χ0n) is 8.89. The molecular formula is C12H13NO3. The predicted octanol–water partition coefficient (Wildman–Crippen LogP) is 1.69. The first-order valence-corrected chi connectivity index (χ1v) is 5.11. The zero-order valence-corrected chi connectivity index (χ0v) is 8.89. The third kappa shape index (κ3) is 1.85. The van der Waals surface area contributed by atoms with Crippen LogP contribution in [0.2, 0.25) is 0 Å². The van der Waals surface area contributed by atoms with Crippen LogP contribution in [-0.4, -0.2) is 25.7 Å². The predicted molar refractivity (Wildman–Crippen MR) is 62.4 cm³/mol. The van der Waals surface area contributed by atoms with E-state index in [0.717, 1.165) is 5.56 Å². The molecule has 1 fully saturated rings. The summed E-state index contributed by atoms with van der Waals surface area (Å²) in [5, 5.41) is 12.5. The zero-order chi connectivity index (χ0) is 11.6. The third-order valence-electron chi connectivity index (χ3n) is 2.70. The molecule has 1 unspecified atom stereocenters. The summed E-state index contributed by atoms with van der Waals surface area (Å²) >= 11 is 0. The maximum atomic E-state index is 12.5. The van der Waals surface area contributed by atoms with Crippen molar-refractivity contribution in [3.8, 4) is 0 Å². The van der Waals surface area contributed by atoms with Crippen molar-refractivity contribution in [2.24, 2.45) is 0 Å². The Morgan fingerprint density at radius 3 is 2.88 bits per heavy atom. The molecule has 1 aromatic carbocycles. The molecule has 16 heavy (non-hydrogen) atoms. The van der Waals surface area contributed by atoms with Crippen molar-refractivity contribution in [1.82, 2.24) is 4.65 Å². The van der Waals surface area contributed by atoms with Gasteiger partial charge in [0.25, 0.3) is 0 Å². The third-order valence-corrected chi connectivity index (χ3v) is 2.70. The highest BCUT2D eigenvalue weighted by Crippen LogP contribution is 2.28. The van der Waals surface area contributed by atoms with Gasteiger partial charge in [-0.1, -0.05) is 24.8 Å². The van der Waals surface area contributed by atoms with Gasteiger partial charge in [0.2, 0.25) is 0 Å². The number of hydroxylamine groups is 2. The van der Waals surface area contributed by atoms with Gasteiger partial charge in [-0.15, -0.1) is 0 Å². The molecule has 1 saturated heterocycles. The van der Waals surface area contributed by atoms with Crippen LogP contribution in [0.4, 0.5) is 5.69 Å². The number of hydrogen-bond acceptors (Lipinski definition) is 3. The Morgan fingerprint density at radius 2 is 2.19 bits per heavy atom. The number of hydrogen-bond donors (Lipinski definition) is 0. The van der Waals surface area contributed by atoms with Crippen LogP contribution in [-0.2, 0) is 9.53 Å². The van der Waals surface area contributed by atoms with E-state index in [2.05, 4.69) is 6.58 Å². The van der Waals surface area contributed by atoms with E-state index >= 15 is 0 Å². The molecule has 0 radical (unpaired) electrons. The molecule has 4 heteroatoms. The van der Waals surface area contributed by atoms with Crippen molar-refractivity contribution in [3.05, 3.63) is 41.6 Å². The molecule has 1 heterocycles. The highest BCUT2D eigenvalue weighted by Gasteiger charge is 2.31. The van der Waals surface area contributed by atoms with E-state index in [9.17, 15) is 10.0 Å². The number of morpholine rings is 1. The van der Waals surface area contributed by atoms with Gasteiger partial charge in [-0.2, -0.15) is 0 Å². The van der Waals surface area contributed by atoms with Gasteiger partial charge in [0, 0.05) is 11.6 Å². The highest BCUT2D eigenvalue weighted by molar-refractivity contribution is 5.77. The Labute approximate surface area is 93.9 Å². The summed E-state index contributed by atoms with van der Waals surface area (Å²) in [5.74, 6) is -0.444. The largest absolute Gasteiger partial charge is 0.627 e. The first-order chi connectivity index (χ1) is 7.65. The average molecular weight is 219 g/mol. The minimum atomic E-state index is -0.652. The summed E-state index contributed by atoms with van der Waals surface area (Å²) in [4.78, 5) is 11.2. The molecular weight excluding hydrogens is 206 g/mol. The van der Waals surface area contributed by atoms with Gasteiger partial charge in [0.1, 0.15) is 18.8 Å². The lowest BCUT2D eigenvalue weighted by Gasteiger charge is -2.44. The van der Waals surface area contributed by atoms with Crippen molar-refractivity contribution in [2.75, 3.05) is 19.7 Å². The maximum absolute atomic E-state index is 12.5. The van der Waals surface area contributed by atoms with E-state index in [4.69, 9.17) is 4.74 Å². The Hall–Kier alpha value is -1.65. The maximum Gasteiger partial charge on any atom is 0.362 e. The molecule has 4 nitrogen and oxygen atoms in total. The number of rotatable bonds is 2. The first kappa shape index (κ1) is 10.9. The van der Waals surface area contributed by atoms with Crippen molar-refractivity contribution < 1.29 is 9.53 Å². The number of cyclic esters (lactones) is 1. The topological polar surface area (TPSA) is 49.4 Å². The lowest BCUT2D eigenvalue weighted by atomic mass is 10.1. The van der Waals surface area contributed by atoms with Crippen molar-refractivity contribution >= 4 is 17.7 Å². The van der Waals surface area contributed by atoms with Gasteiger partial charge in [0.05, 0.1) is 0 Å². The fourth-order valence-corrected chi connectivity index (χ4v) is 1.88. The van der Waals surface area contributed by atoms with Crippen LogP contribution >= 0.6 is 0 Å². The molecule has 1 aliphatic heterocycles. The second-order valence-corrected chi connectivity index (χ2v) is 3.75. The van der Waals surface area contributed by atoms with Crippen LogP contribution < -0.4 is 4.65 Å². The molecule has 0 aliphatic carbocycles. The lowest BCUT2D eigenvalue weighted by Crippen LogP contribution is -2.54. The van der Waals surface area contributed by atoms with Crippen LogP contribution in [0.3, 0.4) is 0 Å². The Kier molecular flexibility index (Phi) is 2.77. The van der Waals surface area contributed by atoms with Crippen LogP contribution in [0, 0.1) is 5.21 Å². The molecule has 1 aromatic rings. The SMILES string of the molecule is C=Cc1ccccc1[N+]1([O-])CCOC(=O)C1. The monoisotopic (exact) mass is 219 g/mol. The van der Waals surface area contributed by atoms with Gasteiger partial charge in [-0.25, -0.2) is 4.79 Å². The molecule has 1 atom stereocenters. The number of quaternary nitrogens is 1. The van der Waals surface area contributed by atoms with Crippen LogP contribution in [0.1, 0.15) is 5.56 Å². The molecule has 84 valence electrons. The second-order valence-electron chi connectivity index (χ2n) is 3.75. The smallest absolute Gasteiger partial charge is 0.362 e. The summed E-state index contributed by atoms with van der Waals surface area (Å²) in [5.41, 5.74) is 1.35. The summed E-state index contributed by atoms with van der Waals surface area (Å²) in [6.45, 7) is 3.94. The fourth-order valence-electron chi connectivity index (χ4n) is 1.88. The first-order valence-electron chi connectivity index (χ1n) is 5.11. The van der Waals surface area contributed by atoms with Gasteiger partial charge in [-0.3, -0.25) is 0 Å². The molecule has 0 saturated carbocycles. The quantitative estimate of drug-likeness (QED) is 0.432. The summed E-state index contributed by atoms with van der Waals surface area (Å²) in [6.07, 6.45) is 1.63. The van der Waals surface area contributed by atoms with Crippen LogP contribution in [0.5, 0.6) is 0 Å². The van der Waals surface area contributed by atoms with Crippen molar-refractivity contribution in [3.63, 3.8) is 0 Å². The van der Waals surface area contributed by atoms with Gasteiger partial charge in [-0.05, 0) is 6.07 Å². The molecule has 1 aliphatic rings. The summed E-state index contributed by atoms with van der Waals surface area (Å²) in [7, 11) is 0. The normalized spacial score (nSPS) is 24.9. The number of ether oxygens (including phenoxy) is 1. The number of benzene rings is 1. The number of carbonyl (C=O) groups is 1. The molecule has 2 rings (SSSR count). The fraction of sp³-hybridized carbons (Fsp3) is 0.250.